The molecule has 0 bridgehead atoms. The number of carbonyl (C=O) groups is 2. The predicted octanol–water partition coefficient (Wildman–Crippen LogP) is 2.46. The minimum absolute atomic E-state index is 0.190. The van der Waals surface area contributed by atoms with Crippen LogP contribution < -0.4 is 9.47 Å². The van der Waals surface area contributed by atoms with E-state index in [9.17, 15) is 14.7 Å². The van der Waals surface area contributed by atoms with Gasteiger partial charge in [0.15, 0.2) is 0 Å². The van der Waals surface area contributed by atoms with Gasteiger partial charge in [-0.3, -0.25) is 24.3 Å². The number of aliphatic hydroxyl groups is 1. The largest absolute Gasteiger partial charge is 0.497 e. The average molecular weight is 476 g/mol. The average Bonchev–Trinajstić information content (AvgIpc) is 2.89. The molecule has 1 saturated heterocycles. The van der Waals surface area contributed by atoms with E-state index in [4.69, 9.17) is 9.47 Å². The molecule has 1 N–H and O–H groups in total. The molecule has 5 rings (SSSR count). The van der Waals surface area contributed by atoms with Crippen LogP contribution in [0.3, 0.4) is 0 Å². The van der Waals surface area contributed by atoms with E-state index in [1.807, 2.05) is 42.5 Å². The van der Waals surface area contributed by atoms with Gasteiger partial charge in [0, 0.05) is 55.3 Å². The first-order valence-electron chi connectivity index (χ1n) is 11.8. The zero-order chi connectivity index (χ0) is 24.4. The number of hydrogen-bond acceptors (Lipinski definition) is 7. The summed E-state index contributed by atoms with van der Waals surface area (Å²) in [4.78, 5) is 31.9. The molecule has 3 aromatic rings. The highest BCUT2D eigenvalue weighted by molar-refractivity contribution is 6.25. The Morgan fingerprint density at radius 1 is 0.857 bits per heavy atom. The van der Waals surface area contributed by atoms with E-state index in [1.165, 1.54) is 4.90 Å². The number of nitrogens with zero attached hydrogens (tertiary/aromatic N) is 3. The van der Waals surface area contributed by atoms with Crippen molar-refractivity contribution in [1.29, 1.82) is 0 Å². The minimum atomic E-state index is -0.630. The molecule has 2 aliphatic heterocycles. The molecule has 8 heteroatoms. The molecule has 0 saturated carbocycles. The Morgan fingerprint density at radius 3 is 2.11 bits per heavy atom. The fourth-order valence-electron chi connectivity index (χ4n) is 4.76. The first-order chi connectivity index (χ1) is 17.0. The van der Waals surface area contributed by atoms with Crippen molar-refractivity contribution in [2.24, 2.45) is 0 Å². The number of ether oxygens (including phenoxy) is 2. The molecule has 0 spiro atoms. The third-order valence-electron chi connectivity index (χ3n) is 6.61. The van der Waals surface area contributed by atoms with Crippen LogP contribution >= 0.6 is 0 Å². The Bertz CT molecular complexity index is 1190. The van der Waals surface area contributed by atoms with Crippen molar-refractivity contribution in [1.82, 2.24) is 14.7 Å². The molecule has 3 aromatic carbocycles. The Hall–Kier alpha value is -3.46. The predicted molar refractivity (Wildman–Crippen MR) is 132 cm³/mol. The van der Waals surface area contributed by atoms with Gasteiger partial charge in [0.2, 0.25) is 0 Å². The van der Waals surface area contributed by atoms with Gasteiger partial charge in [0.1, 0.15) is 24.2 Å². The Kier molecular flexibility index (Phi) is 6.68. The van der Waals surface area contributed by atoms with Gasteiger partial charge < -0.3 is 14.6 Å². The molecule has 1 atom stereocenters. The molecular formula is C27H29N3O5. The second-order valence-corrected chi connectivity index (χ2v) is 8.95. The van der Waals surface area contributed by atoms with E-state index in [1.54, 1.807) is 25.3 Å². The number of amides is 2. The van der Waals surface area contributed by atoms with Crippen LogP contribution in [0.1, 0.15) is 20.7 Å². The molecule has 182 valence electrons. The van der Waals surface area contributed by atoms with Crippen LogP contribution in [0.15, 0.2) is 60.7 Å². The van der Waals surface area contributed by atoms with Crippen molar-refractivity contribution >= 4 is 22.6 Å². The first-order valence-corrected chi connectivity index (χ1v) is 11.8. The number of aliphatic hydroxyl groups excluding tert-OH is 1. The van der Waals surface area contributed by atoms with Crippen LogP contribution in [0.4, 0.5) is 0 Å². The Morgan fingerprint density at radius 2 is 1.46 bits per heavy atom. The van der Waals surface area contributed by atoms with Gasteiger partial charge >= 0.3 is 0 Å². The lowest BCUT2D eigenvalue weighted by molar-refractivity contribution is 0.0272. The van der Waals surface area contributed by atoms with Gasteiger partial charge in [-0.2, -0.15) is 0 Å². The van der Waals surface area contributed by atoms with Crippen LogP contribution in [0, 0.1) is 0 Å². The highest BCUT2D eigenvalue weighted by Crippen LogP contribution is 2.30. The third-order valence-corrected chi connectivity index (χ3v) is 6.61. The quantitative estimate of drug-likeness (QED) is 0.501. The summed E-state index contributed by atoms with van der Waals surface area (Å²) in [5, 5.41) is 12.1. The van der Waals surface area contributed by atoms with Crippen LogP contribution in [0.2, 0.25) is 0 Å². The standard InChI is InChI=1S/C27H29N3O5/c1-34-21-7-4-8-22(15-21)35-17-20(31)16-28-11-13-29(14-12-28)18-30-26(32)23-9-2-5-19-6-3-10-24(25(19)23)27(30)33/h2-10,15,20,31H,11-14,16-18H2,1H3/t20-/m0/s1. The van der Waals surface area contributed by atoms with E-state index in [0.29, 0.717) is 42.3 Å². The lowest BCUT2D eigenvalue weighted by Gasteiger charge is -2.38. The van der Waals surface area contributed by atoms with Crippen molar-refractivity contribution in [3.8, 4) is 11.5 Å². The lowest BCUT2D eigenvalue weighted by Crippen LogP contribution is -2.54. The molecule has 1 fully saturated rings. The summed E-state index contributed by atoms with van der Waals surface area (Å²) in [5.74, 6) is 0.874. The summed E-state index contributed by atoms with van der Waals surface area (Å²) in [7, 11) is 1.60. The topological polar surface area (TPSA) is 82.6 Å². The van der Waals surface area contributed by atoms with Gasteiger partial charge in [-0.1, -0.05) is 30.3 Å². The molecule has 2 heterocycles. The molecule has 2 amide bonds. The van der Waals surface area contributed by atoms with E-state index in [0.717, 1.165) is 23.9 Å². The zero-order valence-corrected chi connectivity index (χ0v) is 19.7. The Labute approximate surface area is 204 Å². The molecule has 0 radical (unpaired) electrons. The van der Waals surface area contributed by atoms with Crippen molar-refractivity contribution in [2.45, 2.75) is 6.10 Å². The maximum Gasteiger partial charge on any atom is 0.262 e. The summed E-state index contributed by atoms with van der Waals surface area (Å²) in [6, 6.07) is 18.4. The third kappa shape index (κ3) is 4.86. The van der Waals surface area contributed by atoms with Crippen molar-refractivity contribution < 1.29 is 24.2 Å². The number of carbonyl (C=O) groups excluding carboxylic acids is 2. The second-order valence-electron chi connectivity index (χ2n) is 8.95. The maximum atomic E-state index is 13.1. The fourth-order valence-corrected chi connectivity index (χ4v) is 4.76. The number of rotatable bonds is 8. The summed E-state index contributed by atoms with van der Waals surface area (Å²) >= 11 is 0. The van der Waals surface area contributed by atoms with E-state index in [2.05, 4.69) is 9.80 Å². The van der Waals surface area contributed by atoms with Gasteiger partial charge in [0.05, 0.1) is 13.8 Å². The van der Waals surface area contributed by atoms with Crippen LogP contribution in [0.25, 0.3) is 10.8 Å². The zero-order valence-electron chi connectivity index (χ0n) is 19.7. The van der Waals surface area contributed by atoms with E-state index >= 15 is 0 Å². The number of β-amino-alcohol motifs (C(OH)–C–C–N with tert-alkyl or cyclic N) is 1. The van der Waals surface area contributed by atoms with Gasteiger partial charge in [0.25, 0.3) is 11.8 Å². The minimum Gasteiger partial charge on any atom is -0.497 e. The first kappa shape index (κ1) is 23.3. The van der Waals surface area contributed by atoms with E-state index < -0.39 is 6.10 Å². The number of hydrogen-bond donors (Lipinski definition) is 1. The van der Waals surface area contributed by atoms with Gasteiger partial charge in [-0.05, 0) is 29.7 Å². The van der Waals surface area contributed by atoms with Crippen molar-refractivity contribution in [3.63, 3.8) is 0 Å². The summed E-state index contributed by atoms with van der Waals surface area (Å²) < 4.78 is 10.9. The van der Waals surface area contributed by atoms with Crippen LogP contribution in [-0.2, 0) is 0 Å². The SMILES string of the molecule is COc1cccc(OC[C@@H](O)CN2CCN(CN3C(=O)c4cccc5cccc(c45)C3=O)CC2)c1. The molecule has 0 unspecified atom stereocenters. The molecule has 0 aromatic heterocycles. The van der Waals surface area contributed by atoms with Crippen LogP contribution in [-0.4, -0.2) is 90.8 Å². The number of benzene rings is 3. The fraction of sp³-hybridized carbons (Fsp3) is 0.333. The molecule has 8 nitrogen and oxygen atoms in total. The number of piperazine rings is 1. The van der Waals surface area contributed by atoms with Gasteiger partial charge in [-0.15, -0.1) is 0 Å². The Balaban J connectivity index is 1.13. The summed E-state index contributed by atoms with van der Waals surface area (Å²) in [6.45, 7) is 3.82. The number of imide groups is 1. The monoisotopic (exact) mass is 475 g/mol. The highest BCUT2D eigenvalue weighted by Gasteiger charge is 2.34. The smallest absolute Gasteiger partial charge is 0.262 e. The number of methoxy groups -OCH3 is 1. The second kappa shape index (κ2) is 10.0. The van der Waals surface area contributed by atoms with Crippen LogP contribution in [0.5, 0.6) is 11.5 Å². The normalized spacial score (nSPS) is 17.6. The molecular weight excluding hydrogens is 446 g/mol. The summed E-state index contributed by atoms with van der Waals surface area (Å²) in [6.07, 6.45) is -0.630. The maximum absolute atomic E-state index is 13.1. The summed E-state index contributed by atoms with van der Waals surface area (Å²) in [5.41, 5.74) is 1.16. The molecule has 35 heavy (non-hydrogen) atoms. The van der Waals surface area contributed by atoms with Gasteiger partial charge in [-0.25, -0.2) is 0 Å². The molecule has 0 aliphatic carbocycles. The van der Waals surface area contributed by atoms with E-state index in [-0.39, 0.29) is 25.1 Å². The van der Waals surface area contributed by atoms with Crippen molar-refractivity contribution in [3.05, 3.63) is 71.8 Å². The lowest BCUT2D eigenvalue weighted by atomic mass is 9.94. The van der Waals surface area contributed by atoms with Crippen molar-refractivity contribution in [2.75, 3.05) is 53.1 Å². The molecule has 2 aliphatic rings. The highest BCUT2D eigenvalue weighted by atomic mass is 16.5.